The lowest BCUT2D eigenvalue weighted by atomic mass is 10.0. The smallest absolute Gasteiger partial charge is 0.230 e. The SMILES string of the molecule is CCc1nc2sc([C@@H](c3ccc(Cl)cc3)N3CCCC3)c(O)n2n1. The zero-order chi connectivity index (χ0) is 16.7. The summed E-state index contributed by atoms with van der Waals surface area (Å²) in [7, 11) is 0. The molecule has 2 aromatic heterocycles. The van der Waals surface area contributed by atoms with Crippen molar-refractivity contribution in [3.63, 3.8) is 0 Å². The van der Waals surface area contributed by atoms with Crippen LogP contribution in [0.5, 0.6) is 5.88 Å². The molecule has 24 heavy (non-hydrogen) atoms. The van der Waals surface area contributed by atoms with E-state index in [0.717, 1.165) is 45.8 Å². The zero-order valence-electron chi connectivity index (χ0n) is 13.4. The van der Waals surface area contributed by atoms with Crippen molar-refractivity contribution in [3.05, 3.63) is 45.6 Å². The van der Waals surface area contributed by atoms with Gasteiger partial charge in [-0.15, -0.1) is 5.10 Å². The van der Waals surface area contributed by atoms with Gasteiger partial charge >= 0.3 is 0 Å². The van der Waals surface area contributed by atoms with Gasteiger partial charge < -0.3 is 5.11 Å². The monoisotopic (exact) mass is 362 g/mol. The molecule has 126 valence electrons. The van der Waals surface area contributed by atoms with E-state index in [1.165, 1.54) is 24.2 Å². The number of hydrogen-bond donors (Lipinski definition) is 1. The zero-order valence-corrected chi connectivity index (χ0v) is 15.0. The number of aryl methyl sites for hydroxylation is 1. The minimum absolute atomic E-state index is 0.0170. The summed E-state index contributed by atoms with van der Waals surface area (Å²) in [5.74, 6) is 0.960. The Hall–Kier alpha value is -1.63. The minimum Gasteiger partial charge on any atom is -0.492 e. The third-order valence-corrected chi connectivity index (χ3v) is 5.82. The van der Waals surface area contributed by atoms with Crippen LogP contribution in [0.2, 0.25) is 5.02 Å². The van der Waals surface area contributed by atoms with Gasteiger partial charge in [0, 0.05) is 11.4 Å². The lowest BCUT2D eigenvalue weighted by Crippen LogP contribution is -2.26. The second kappa shape index (κ2) is 6.35. The molecule has 1 atom stereocenters. The highest BCUT2D eigenvalue weighted by molar-refractivity contribution is 7.17. The number of nitrogens with zero attached hydrogens (tertiary/aromatic N) is 4. The molecule has 0 radical (unpaired) electrons. The van der Waals surface area contributed by atoms with Crippen LogP contribution >= 0.6 is 22.9 Å². The average Bonchev–Trinajstić information content (AvgIpc) is 3.29. The van der Waals surface area contributed by atoms with Crippen LogP contribution in [-0.2, 0) is 6.42 Å². The highest BCUT2D eigenvalue weighted by Crippen LogP contribution is 2.41. The molecule has 4 rings (SSSR count). The van der Waals surface area contributed by atoms with Crippen molar-refractivity contribution in [1.82, 2.24) is 19.5 Å². The standard InChI is InChI=1S/C17H19ClN4OS/c1-2-13-19-17-22(20-13)16(23)15(24-17)14(21-9-3-4-10-21)11-5-7-12(18)8-6-11/h5-8,14,23H,2-4,9-10H2,1H3/t14-/m1/s1. The Kier molecular flexibility index (Phi) is 4.20. The van der Waals surface area contributed by atoms with Gasteiger partial charge in [0.15, 0.2) is 5.82 Å². The van der Waals surface area contributed by atoms with Crippen molar-refractivity contribution >= 4 is 27.9 Å². The van der Waals surface area contributed by atoms with E-state index >= 15 is 0 Å². The van der Waals surface area contributed by atoms with E-state index in [-0.39, 0.29) is 11.9 Å². The Labute approximate surface area is 149 Å². The van der Waals surface area contributed by atoms with Gasteiger partial charge in [-0.2, -0.15) is 4.52 Å². The Bertz CT molecular complexity index is 851. The number of likely N-dealkylation sites (tertiary alicyclic amines) is 1. The number of benzene rings is 1. The number of aromatic hydroxyl groups is 1. The van der Waals surface area contributed by atoms with Crippen LogP contribution in [0.1, 0.15) is 42.1 Å². The Balaban J connectivity index is 1.82. The second-order valence-corrected chi connectivity index (χ2v) is 7.51. The van der Waals surface area contributed by atoms with E-state index < -0.39 is 0 Å². The molecule has 1 fully saturated rings. The van der Waals surface area contributed by atoms with Crippen LogP contribution in [0.25, 0.3) is 4.96 Å². The fraction of sp³-hybridized carbons (Fsp3) is 0.412. The fourth-order valence-electron chi connectivity index (χ4n) is 3.29. The molecule has 1 aromatic carbocycles. The minimum atomic E-state index is 0.0170. The largest absolute Gasteiger partial charge is 0.492 e. The van der Waals surface area contributed by atoms with E-state index in [0.29, 0.717) is 0 Å². The molecule has 3 aromatic rings. The van der Waals surface area contributed by atoms with Gasteiger partial charge in [0.1, 0.15) is 0 Å². The van der Waals surface area contributed by atoms with Gasteiger partial charge in [0.05, 0.1) is 10.9 Å². The number of halogens is 1. The average molecular weight is 363 g/mol. The van der Waals surface area contributed by atoms with Gasteiger partial charge in [-0.3, -0.25) is 4.90 Å². The van der Waals surface area contributed by atoms with Crippen LogP contribution in [0.4, 0.5) is 0 Å². The molecule has 1 saturated heterocycles. The first-order valence-corrected chi connectivity index (χ1v) is 9.43. The van der Waals surface area contributed by atoms with Gasteiger partial charge in [-0.25, -0.2) is 4.98 Å². The molecule has 3 heterocycles. The maximum absolute atomic E-state index is 10.8. The third kappa shape index (κ3) is 2.68. The number of aromatic nitrogens is 3. The predicted octanol–water partition coefficient (Wildman–Crippen LogP) is 3.90. The first-order chi connectivity index (χ1) is 11.7. The lowest BCUT2D eigenvalue weighted by Gasteiger charge is -2.27. The topological polar surface area (TPSA) is 53.7 Å². The molecular formula is C17H19ClN4OS. The molecule has 0 amide bonds. The summed E-state index contributed by atoms with van der Waals surface area (Å²) in [6.07, 6.45) is 3.13. The third-order valence-electron chi connectivity index (χ3n) is 4.50. The number of fused-ring (bicyclic) bond motifs is 1. The van der Waals surface area contributed by atoms with Crippen LogP contribution in [0.15, 0.2) is 24.3 Å². The van der Waals surface area contributed by atoms with Gasteiger partial charge in [-0.05, 0) is 43.6 Å². The van der Waals surface area contributed by atoms with E-state index in [2.05, 4.69) is 15.0 Å². The normalized spacial score (nSPS) is 16.9. The molecule has 0 bridgehead atoms. The Morgan fingerprint density at radius 2 is 1.96 bits per heavy atom. The summed E-state index contributed by atoms with van der Waals surface area (Å²) >= 11 is 7.57. The summed E-state index contributed by atoms with van der Waals surface area (Å²) < 4.78 is 1.57. The molecular weight excluding hydrogens is 344 g/mol. The van der Waals surface area contributed by atoms with Crippen molar-refractivity contribution in [1.29, 1.82) is 0 Å². The van der Waals surface area contributed by atoms with Crippen LogP contribution < -0.4 is 0 Å². The first-order valence-electron chi connectivity index (χ1n) is 8.24. The van der Waals surface area contributed by atoms with Gasteiger partial charge in [0.2, 0.25) is 10.8 Å². The summed E-state index contributed by atoms with van der Waals surface area (Å²) in [5, 5.41) is 15.9. The van der Waals surface area contributed by atoms with Crippen molar-refractivity contribution < 1.29 is 5.11 Å². The molecule has 0 spiro atoms. The van der Waals surface area contributed by atoms with Crippen LogP contribution in [0, 0.1) is 0 Å². The summed E-state index contributed by atoms with van der Waals surface area (Å²) in [4.78, 5) is 8.56. The number of rotatable bonds is 4. The maximum atomic E-state index is 10.8. The van der Waals surface area contributed by atoms with Crippen LogP contribution in [0.3, 0.4) is 0 Å². The quantitative estimate of drug-likeness (QED) is 0.764. The molecule has 5 nitrogen and oxygen atoms in total. The molecule has 0 saturated carbocycles. The molecule has 1 aliphatic heterocycles. The molecule has 0 aliphatic carbocycles. The molecule has 1 aliphatic rings. The summed E-state index contributed by atoms with van der Waals surface area (Å²) in [6, 6.07) is 7.91. The lowest BCUT2D eigenvalue weighted by molar-refractivity contribution is 0.277. The number of thiazole rings is 1. The first kappa shape index (κ1) is 15.9. The van der Waals surface area contributed by atoms with E-state index in [9.17, 15) is 5.11 Å². The summed E-state index contributed by atoms with van der Waals surface area (Å²) in [6.45, 7) is 4.07. The van der Waals surface area contributed by atoms with E-state index in [1.807, 2.05) is 31.2 Å². The second-order valence-electron chi connectivity index (χ2n) is 6.06. The van der Waals surface area contributed by atoms with Crippen molar-refractivity contribution in [2.24, 2.45) is 0 Å². The number of hydrogen-bond acceptors (Lipinski definition) is 5. The molecule has 0 unspecified atom stereocenters. The summed E-state index contributed by atoms with van der Waals surface area (Å²) in [5.41, 5.74) is 1.14. The Morgan fingerprint density at radius 1 is 1.25 bits per heavy atom. The Morgan fingerprint density at radius 3 is 2.58 bits per heavy atom. The van der Waals surface area contributed by atoms with Gasteiger partial charge in [-0.1, -0.05) is 42.0 Å². The molecule has 7 heteroatoms. The van der Waals surface area contributed by atoms with Crippen molar-refractivity contribution in [2.75, 3.05) is 13.1 Å². The van der Waals surface area contributed by atoms with E-state index in [1.54, 1.807) is 4.52 Å². The van der Waals surface area contributed by atoms with Crippen molar-refractivity contribution in [3.8, 4) is 5.88 Å². The highest BCUT2D eigenvalue weighted by Gasteiger charge is 2.31. The predicted molar refractivity (Wildman–Crippen MR) is 96.0 cm³/mol. The fourth-order valence-corrected chi connectivity index (χ4v) is 4.55. The highest BCUT2D eigenvalue weighted by atomic mass is 35.5. The van der Waals surface area contributed by atoms with Crippen LogP contribution in [-0.4, -0.2) is 37.7 Å². The van der Waals surface area contributed by atoms with Crippen molar-refractivity contribution in [2.45, 2.75) is 32.2 Å². The van der Waals surface area contributed by atoms with Gasteiger partial charge in [0.25, 0.3) is 0 Å². The molecule has 1 N–H and O–H groups in total. The maximum Gasteiger partial charge on any atom is 0.230 e. The van der Waals surface area contributed by atoms with E-state index in [4.69, 9.17) is 11.6 Å².